The summed E-state index contributed by atoms with van der Waals surface area (Å²) in [5.74, 6) is 0.640. The van der Waals surface area contributed by atoms with Gasteiger partial charge >= 0.3 is 6.03 Å². The molecule has 1 saturated heterocycles. The number of hydrogen-bond acceptors (Lipinski definition) is 5. The number of methoxy groups -OCH3 is 1. The lowest BCUT2D eigenvalue weighted by atomic mass is 9.89. The van der Waals surface area contributed by atoms with Crippen molar-refractivity contribution in [2.24, 2.45) is 0 Å². The molecule has 1 heterocycles. The number of aliphatic hydroxyl groups excluding tert-OH is 1. The van der Waals surface area contributed by atoms with Crippen molar-refractivity contribution in [2.45, 2.75) is 44.2 Å². The van der Waals surface area contributed by atoms with Crippen LogP contribution in [-0.4, -0.2) is 48.3 Å². The van der Waals surface area contributed by atoms with Gasteiger partial charge in [-0.25, -0.2) is 4.79 Å². The molecule has 1 aliphatic carbocycles. The van der Waals surface area contributed by atoms with Crippen molar-refractivity contribution in [1.82, 2.24) is 10.2 Å². The van der Waals surface area contributed by atoms with Crippen molar-refractivity contribution in [3.8, 4) is 11.5 Å². The summed E-state index contributed by atoms with van der Waals surface area (Å²) in [5, 5.41) is 13.3. The summed E-state index contributed by atoms with van der Waals surface area (Å²) in [5.41, 5.74) is 3.17. The molecular formula is C26H30N2O5. The molecule has 1 aliphatic heterocycles. The fourth-order valence-corrected chi connectivity index (χ4v) is 4.52. The number of hydrogen-bond donors (Lipinski definition) is 2. The molecule has 2 aromatic rings. The molecule has 2 atom stereocenters. The van der Waals surface area contributed by atoms with Gasteiger partial charge < -0.3 is 19.9 Å². The first kappa shape index (κ1) is 22.9. The number of carbonyl (C=O) groups excluding carboxylic acids is 2. The second-order valence-corrected chi connectivity index (χ2v) is 8.75. The molecule has 0 radical (unpaired) electrons. The molecule has 4 rings (SSSR count). The Hall–Kier alpha value is -3.32. The number of urea groups is 1. The maximum absolute atomic E-state index is 13.2. The fraction of sp³-hybridized carbons (Fsp3) is 0.385. The quantitative estimate of drug-likeness (QED) is 0.453. The number of aliphatic hydroxyl groups is 1. The maximum Gasteiger partial charge on any atom is 0.325 e. The number of ether oxygens (including phenoxy) is 2. The fourth-order valence-electron chi connectivity index (χ4n) is 4.52. The first-order valence-corrected chi connectivity index (χ1v) is 11.2. The lowest BCUT2D eigenvalue weighted by molar-refractivity contribution is -0.132. The molecule has 0 saturated carbocycles. The van der Waals surface area contributed by atoms with Gasteiger partial charge in [0.25, 0.3) is 5.91 Å². The molecular weight excluding hydrogens is 420 g/mol. The molecule has 2 N–H and O–H groups in total. The predicted octanol–water partition coefficient (Wildman–Crippen LogP) is 3.12. The monoisotopic (exact) mass is 450 g/mol. The van der Waals surface area contributed by atoms with Crippen molar-refractivity contribution in [3.63, 3.8) is 0 Å². The Morgan fingerprint density at radius 1 is 1.18 bits per heavy atom. The van der Waals surface area contributed by atoms with Crippen LogP contribution in [-0.2, 0) is 29.6 Å². The van der Waals surface area contributed by atoms with Gasteiger partial charge in [0.1, 0.15) is 18.2 Å². The molecule has 33 heavy (non-hydrogen) atoms. The molecule has 0 aromatic heterocycles. The number of amides is 3. The number of nitrogens with one attached hydrogen (secondary N) is 1. The number of β-amino-alcohol motifs (C(OH)–C–C–N with tert-alkyl or cyclic N) is 1. The van der Waals surface area contributed by atoms with Crippen LogP contribution in [0.25, 0.3) is 0 Å². The molecule has 7 heteroatoms. The Morgan fingerprint density at radius 2 is 1.97 bits per heavy atom. The van der Waals surface area contributed by atoms with Crippen molar-refractivity contribution in [3.05, 3.63) is 71.3 Å². The molecule has 2 unspecified atom stereocenters. The topological polar surface area (TPSA) is 88.1 Å². The van der Waals surface area contributed by atoms with Crippen LogP contribution in [0.4, 0.5) is 4.79 Å². The molecule has 1 fully saturated rings. The lowest BCUT2D eigenvalue weighted by Crippen LogP contribution is -2.42. The van der Waals surface area contributed by atoms with Crippen molar-refractivity contribution in [2.75, 3.05) is 20.3 Å². The normalized spacial score (nSPS) is 20.4. The summed E-state index contributed by atoms with van der Waals surface area (Å²) in [6.07, 6.45) is 4.59. The highest BCUT2D eigenvalue weighted by Crippen LogP contribution is 2.33. The van der Waals surface area contributed by atoms with Gasteiger partial charge in [-0.05, 0) is 67.0 Å². The van der Waals surface area contributed by atoms with Gasteiger partial charge in [-0.3, -0.25) is 9.69 Å². The van der Waals surface area contributed by atoms with E-state index in [1.165, 1.54) is 11.1 Å². The first-order valence-electron chi connectivity index (χ1n) is 11.2. The van der Waals surface area contributed by atoms with Gasteiger partial charge in [0.2, 0.25) is 0 Å². The van der Waals surface area contributed by atoms with Crippen LogP contribution in [0.3, 0.4) is 0 Å². The van der Waals surface area contributed by atoms with Gasteiger partial charge in [0.05, 0.1) is 13.7 Å². The summed E-state index contributed by atoms with van der Waals surface area (Å²) in [6, 6.07) is 11.0. The van der Waals surface area contributed by atoms with Crippen molar-refractivity contribution < 1.29 is 24.2 Å². The van der Waals surface area contributed by atoms with E-state index in [1.807, 2.05) is 30.3 Å². The number of allylic oxidation sites excluding steroid dienone is 1. The van der Waals surface area contributed by atoms with Gasteiger partial charge in [-0.2, -0.15) is 0 Å². The lowest BCUT2D eigenvalue weighted by Gasteiger charge is -2.24. The molecule has 2 aromatic carbocycles. The van der Waals surface area contributed by atoms with Gasteiger partial charge in [-0.15, -0.1) is 6.58 Å². The average molecular weight is 451 g/mol. The summed E-state index contributed by atoms with van der Waals surface area (Å²) in [4.78, 5) is 26.9. The molecule has 2 aliphatic rings. The van der Waals surface area contributed by atoms with Gasteiger partial charge in [0.15, 0.2) is 11.5 Å². The minimum atomic E-state index is -1.15. The SMILES string of the molecule is C=CCc1ccc(OCC(O)CN2C(=O)NC(C)(c3ccc4c(c3)CCC4)C2=O)c(OC)c1. The smallest absolute Gasteiger partial charge is 0.325 e. The van der Waals surface area contributed by atoms with Gasteiger partial charge in [-0.1, -0.05) is 30.3 Å². The number of aryl methyl sites for hydroxylation is 2. The second kappa shape index (κ2) is 9.27. The van der Waals surface area contributed by atoms with Crippen molar-refractivity contribution >= 4 is 11.9 Å². The zero-order valence-corrected chi connectivity index (χ0v) is 19.1. The van der Waals surface area contributed by atoms with E-state index in [2.05, 4.69) is 11.9 Å². The van der Waals surface area contributed by atoms with Crippen LogP contribution in [0, 0.1) is 0 Å². The minimum absolute atomic E-state index is 0.0935. The van der Waals surface area contributed by atoms with E-state index < -0.39 is 17.7 Å². The van der Waals surface area contributed by atoms with Crippen LogP contribution in [0.2, 0.25) is 0 Å². The molecule has 3 amide bonds. The van der Waals surface area contributed by atoms with Gasteiger partial charge in [0, 0.05) is 0 Å². The van der Waals surface area contributed by atoms with Crippen LogP contribution in [0.1, 0.15) is 35.6 Å². The number of imide groups is 1. The maximum atomic E-state index is 13.2. The molecule has 0 bridgehead atoms. The van der Waals surface area contributed by atoms with Crippen LogP contribution in [0.15, 0.2) is 49.1 Å². The Labute approximate surface area is 194 Å². The first-order chi connectivity index (χ1) is 15.9. The Morgan fingerprint density at radius 3 is 2.73 bits per heavy atom. The largest absolute Gasteiger partial charge is 0.493 e. The zero-order chi connectivity index (χ0) is 23.6. The molecule has 7 nitrogen and oxygen atoms in total. The van der Waals surface area contributed by atoms with E-state index in [4.69, 9.17) is 9.47 Å². The van der Waals surface area contributed by atoms with E-state index >= 15 is 0 Å². The predicted molar refractivity (Wildman–Crippen MR) is 124 cm³/mol. The summed E-state index contributed by atoms with van der Waals surface area (Å²) in [7, 11) is 1.54. The standard InChI is InChI=1S/C26H30N2O5/c1-4-6-17-9-12-22(23(13-17)32-3)33-16-21(29)15-28-24(30)26(2,27-25(28)31)20-11-10-18-7-5-8-19(18)14-20/h4,9-14,21,29H,1,5-8,15-16H2,2-3H3,(H,27,31). The van der Waals surface area contributed by atoms with Crippen LogP contribution < -0.4 is 14.8 Å². The van der Waals surface area contributed by atoms with E-state index in [9.17, 15) is 14.7 Å². The third kappa shape index (κ3) is 4.46. The molecule has 0 spiro atoms. The number of nitrogens with zero attached hydrogens (tertiary/aromatic N) is 1. The average Bonchev–Trinajstić information content (AvgIpc) is 3.36. The van der Waals surface area contributed by atoms with E-state index in [-0.39, 0.29) is 19.1 Å². The third-order valence-electron chi connectivity index (χ3n) is 6.38. The zero-order valence-electron chi connectivity index (χ0n) is 19.1. The number of rotatable bonds is 9. The Kier molecular flexibility index (Phi) is 6.42. The summed E-state index contributed by atoms with van der Waals surface area (Å²) < 4.78 is 11.1. The minimum Gasteiger partial charge on any atom is -0.493 e. The second-order valence-electron chi connectivity index (χ2n) is 8.75. The van der Waals surface area contributed by atoms with Crippen LogP contribution >= 0.6 is 0 Å². The van der Waals surface area contributed by atoms with Crippen LogP contribution in [0.5, 0.6) is 11.5 Å². The third-order valence-corrected chi connectivity index (χ3v) is 6.38. The number of carbonyl (C=O) groups is 2. The number of benzene rings is 2. The van der Waals surface area contributed by atoms with E-state index in [0.29, 0.717) is 17.9 Å². The Bertz CT molecular complexity index is 1080. The van der Waals surface area contributed by atoms with E-state index in [1.54, 1.807) is 26.2 Å². The van der Waals surface area contributed by atoms with E-state index in [0.717, 1.165) is 35.3 Å². The number of fused-ring (bicyclic) bond motifs is 1. The summed E-state index contributed by atoms with van der Waals surface area (Å²) in [6.45, 7) is 5.18. The Balaban J connectivity index is 1.41. The highest BCUT2D eigenvalue weighted by Gasteiger charge is 2.49. The molecule has 174 valence electrons. The summed E-state index contributed by atoms with van der Waals surface area (Å²) >= 11 is 0. The highest BCUT2D eigenvalue weighted by atomic mass is 16.5. The highest BCUT2D eigenvalue weighted by molar-refractivity contribution is 6.07. The van der Waals surface area contributed by atoms with Crippen molar-refractivity contribution in [1.29, 1.82) is 0 Å².